The van der Waals surface area contributed by atoms with Crippen LogP contribution in [-0.2, 0) is 4.79 Å². The first kappa shape index (κ1) is 17.8. The summed E-state index contributed by atoms with van der Waals surface area (Å²) in [6.07, 6.45) is 5.43. The largest absolute Gasteiger partial charge is 0.481 e. The first-order chi connectivity index (χ1) is 9.86. The molecule has 0 atom stereocenters. The number of nitrogens with one attached hydrogen (secondary N) is 1. The number of hydrogen-bond acceptors (Lipinski definition) is 2. The van der Waals surface area contributed by atoms with Crippen LogP contribution in [0, 0.1) is 11.3 Å². The third-order valence-corrected chi connectivity index (χ3v) is 5.24. The molecule has 1 saturated carbocycles. The van der Waals surface area contributed by atoms with Gasteiger partial charge >= 0.3 is 12.0 Å². The van der Waals surface area contributed by atoms with Crippen molar-refractivity contribution in [2.45, 2.75) is 65.3 Å². The van der Waals surface area contributed by atoms with Crippen molar-refractivity contribution in [3.05, 3.63) is 0 Å². The van der Waals surface area contributed by atoms with E-state index in [1.54, 1.807) is 4.90 Å². The lowest BCUT2D eigenvalue weighted by Crippen LogP contribution is -2.49. The Labute approximate surface area is 128 Å². The molecule has 0 aromatic rings. The molecule has 2 amide bonds. The van der Waals surface area contributed by atoms with Gasteiger partial charge in [0.15, 0.2) is 0 Å². The van der Waals surface area contributed by atoms with Gasteiger partial charge < -0.3 is 15.3 Å². The summed E-state index contributed by atoms with van der Waals surface area (Å²) in [5.41, 5.74) is -0.850. The summed E-state index contributed by atoms with van der Waals surface area (Å²) < 4.78 is 0. The quantitative estimate of drug-likeness (QED) is 0.791. The average Bonchev–Trinajstić information content (AvgIpc) is 2.48. The van der Waals surface area contributed by atoms with E-state index in [9.17, 15) is 14.7 Å². The van der Waals surface area contributed by atoms with Gasteiger partial charge in [-0.15, -0.1) is 0 Å². The van der Waals surface area contributed by atoms with E-state index in [-0.39, 0.29) is 18.6 Å². The highest BCUT2D eigenvalue weighted by molar-refractivity contribution is 5.78. The zero-order valence-electron chi connectivity index (χ0n) is 13.8. The third kappa shape index (κ3) is 4.35. The summed E-state index contributed by atoms with van der Waals surface area (Å²) >= 11 is 0. The molecule has 122 valence electrons. The predicted octanol–water partition coefficient (Wildman–Crippen LogP) is 3.10. The Morgan fingerprint density at radius 3 is 2.14 bits per heavy atom. The minimum Gasteiger partial charge on any atom is -0.481 e. The summed E-state index contributed by atoms with van der Waals surface area (Å²) in [5, 5.41) is 12.2. The van der Waals surface area contributed by atoms with E-state index in [0.717, 1.165) is 31.6 Å². The van der Waals surface area contributed by atoms with Crippen molar-refractivity contribution in [1.29, 1.82) is 0 Å². The number of urea groups is 1. The number of nitrogens with zero attached hydrogens (tertiary/aromatic N) is 1. The Balaban J connectivity index is 2.54. The van der Waals surface area contributed by atoms with Crippen molar-refractivity contribution in [3.63, 3.8) is 0 Å². The monoisotopic (exact) mass is 298 g/mol. The Morgan fingerprint density at radius 1 is 1.19 bits per heavy atom. The van der Waals surface area contributed by atoms with E-state index in [4.69, 9.17) is 0 Å². The normalized spacial score (nSPS) is 22.7. The first-order valence-electron chi connectivity index (χ1n) is 8.10. The van der Waals surface area contributed by atoms with E-state index in [1.807, 2.05) is 20.9 Å². The summed E-state index contributed by atoms with van der Waals surface area (Å²) in [5.74, 6) is -0.0838. The topological polar surface area (TPSA) is 69.6 Å². The molecule has 0 heterocycles. The fraction of sp³-hybridized carbons (Fsp3) is 0.875. The van der Waals surface area contributed by atoms with Crippen LogP contribution in [0.5, 0.6) is 0 Å². The number of carboxylic acids is 1. The van der Waals surface area contributed by atoms with Crippen molar-refractivity contribution >= 4 is 12.0 Å². The van der Waals surface area contributed by atoms with Crippen LogP contribution in [-0.4, -0.2) is 41.6 Å². The fourth-order valence-electron chi connectivity index (χ4n) is 3.04. The highest BCUT2D eigenvalue weighted by Crippen LogP contribution is 2.28. The van der Waals surface area contributed by atoms with E-state index >= 15 is 0 Å². The molecular weight excluding hydrogens is 268 g/mol. The van der Waals surface area contributed by atoms with Gasteiger partial charge in [-0.1, -0.05) is 20.8 Å². The number of aliphatic carboxylic acids is 1. The maximum atomic E-state index is 12.2. The molecule has 5 nitrogen and oxygen atoms in total. The predicted molar refractivity (Wildman–Crippen MR) is 83.2 cm³/mol. The van der Waals surface area contributed by atoms with Crippen molar-refractivity contribution in [2.24, 2.45) is 11.3 Å². The van der Waals surface area contributed by atoms with Crippen LogP contribution >= 0.6 is 0 Å². The molecule has 0 spiro atoms. The number of amides is 2. The van der Waals surface area contributed by atoms with Gasteiger partial charge in [-0.3, -0.25) is 4.79 Å². The van der Waals surface area contributed by atoms with Gasteiger partial charge in [0.2, 0.25) is 0 Å². The van der Waals surface area contributed by atoms with Gasteiger partial charge in [0.25, 0.3) is 0 Å². The minimum atomic E-state index is -0.850. The molecule has 0 aromatic carbocycles. The van der Waals surface area contributed by atoms with Crippen LogP contribution < -0.4 is 5.32 Å². The smallest absolute Gasteiger partial charge is 0.317 e. The highest BCUT2D eigenvalue weighted by Gasteiger charge is 2.36. The van der Waals surface area contributed by atoms with Crippen LogP contribution in [0.1, 0.15) is 59.3 Å². The summed E-state index contributed by atoms with van der Waals surface area (Å²) in [6, 6.07) is 0.130. The third-order valence-electron chi connectivity index (χ3n) is 5.24. The maximum absolute atomic E-state index is 12.2. The minimum absolute atomic E-state index is 0.151. The van der Waals surface area contributed by atoms with Gasteiger partial charge in [0.1, 0.15) is 0 Å². The van der Waals surface area contributed by atoms with E-state index in [1.165, 1.54) is 0 Å². The molecule has 1 rings (SSSR count). The second-order valence-corrected chi connectivity index (χ2v) is 6.48. The molecular formula is C16H30N2O3. The van der Waals surface area contributed by atoms with Gasteiger partial charge in [-0.25, -0.2) is 4.79 Å². The molecule has 0 aliphatic heterocycles. The van der Waals surface area contributed by atoms with Gasteiger partial charge in [0.05, 0.1) is 5.41 Å². The molecule has 2 N–H and O–H groups in total. The van der Waals surface area contributed by atoms with E-state index in [0.29, 0.717) is 12.8 Å². The van der Waals surface area contributed by atoms with E-state index < -0.39 is 11.4 Å². The highest BCUT2D eigenvalue weighted by atomic mass is 16.4. The van der Waals surface area contributed by atoms with Crippen molar-refractivity contribution in [3.8, 4) is 0 Å². The summed E-state index contributed by atoms with van der Waals surface area (Å²) in [6.45, 7) is 6.16. The Kier molecular flexibility index (Phi) is 6.49. The zero-order chi connectivity index (χ0) is 16.0. The average molecular weight is 298 g/mol. The number of carboxylic acid groups (broad SMARTS) is 1. The molecule has 1 aliphatic carbocycles. The molecule has 0 saturated heterocycles. The standard InChI is InChI=1S/C16H30N2O3/c1-5-16(6-2,14(19)20)11-17-15(21)18(4)13-9-7-12(3)8-10-13/h12-13H,5-11H2,1-4H3,(H,17,21)(H,19,20). The molecule has 1 fully saturated rings. The van der Waals surface area contributed by atoms with E-state index in [2.05, 4.69) is 12.2 Å². The summed E-state index contributed by atoms with van der Waals surface area (Å²) in [7, 11) is 1.82. The molecule has 0 radical (unpaired) electrons. The second-order valence-electron chi connectivity index (χ2n) is 6.48. The van der Waals surface area contributed by atoms with Crippen molar-refractivity contribution in [2.75, 3.05) is 13.6 Å². The van der Waals surface area contributed by atoms with Crippen LogP contribution in [0.2, 0.25) is 0 Å². The molecule has 5 heteroatoms. The van der Waals surface area contributed by atoms with Crippen molar-refractivity contribution in [1.82, 2.24) is 10.2 Å². The SMILES string of the molecule is CCC(CC)(CNC(=O)N(C)C1CCC(C)CC1)C(=O)O. The van der Waals surface area contributed by atoms with Crippen LogP contribution in [0.15, 0.2) is 0 Å². The van der Waals surface area contributed by atoms with Gasteiger partial charge in [0, 0.05) is 19.6 Å². The van der Waals surface area contributed by atoms with Crippen LogP contribution in [0.3, 0.4) is 0 Å². The number of carbonyl (C=O) groups excluding carboxylic acids is 1. The van der Waals surface area contributed by atoms with Crippen LogP contribution in [0.25, 0.3) is 0 Å². The Hall–Kier alpha value is -1.26. The Morgan fingerprint density at radius 2 is 1.71 bits per heavy atom. The second kappa shape index (κ2) is 7.66. The zero-order valence-corrected chi connectivity index (χ0v) is 13.8. The Bertz CT molecular complexity index is 359. The lowest BCUT2D eigenvalue weighted by molar-refractivity contribution is -0.149. The number of rotatable bonds is 6. The maximum Gasteiger partial charge on any atom is 0.317 e. The molecule has 21 heavy (non-hydrogen) atoms. The molecule has 0 bridgehead atoms. The van der Waals surface area contributed by atoms with Crippen molar-refractivity contribution < 1.29 is 14.7 Å². The van der Waals surface area contributed by atoms with Gasteiger partial charge in [-0.05, 0) is 44.4 Å². The number of hydrogen-bond donors (Lipinski definition) is 2. The lowest BCUT2D eigenvalue weighted by Gasteiger charge is -2.35. The lowest BCUT2D eigenvalue weighted by atomic mass is 9.82. The number of carbonyl (C=O) groups is 2. The molecule has 0 aromatic heterocycles. The van der Waals surface area contributed by atoms with Gasteiger partial charge in [-0.2, -0.15) is 0 Å². The summed E-state index contributed by atoms with van der Waals surface area (Å²) in [4.78, 5) is 25.4. The fourth-order valence-corrected chi connectivity index (χ4v) is 3.04. The molecule has 0 unspecified atom stereocenters. The van der Waals surface area contributed by atoms with Crippen LogP contribution in [0.4, 0.5) is 4.79 Å². The first-order valence-corrected chi connectivity index (χ1v) is 8.10. The molecule has 1 aliphatic rings.